The van der Waals surface area contributed by atoms with Gasteiger partial charge in [-0.25, -0.2) is 0 Å². The van der Waals surface area contributed by atoms with E-state index in [1.807, 2.05) is 13.8 Å². The molecule has 3 aliphatic heterocycles. The van der Waals surface area contributed by atoms with Crippen molar-refractivity contribution in [3.8, 4) is 0 Å². The lowest BCUT2D eigenvalue weighted by molar-refractivity contribution is -0.263. The van der Waals surface area contributed by atoms with Gasteiger partial charge in [-0.3, -0.25) is 4.79 Å². The van der Waals surface area contributed by atoms with Gasteiger partial charge in [-0.1, -0.05) is 13.8 Å². The smallest absolute Gasteiger partial charge is 0.311 e. The normalized spacial score (nSPS) is 59.5. The highest BCUT2D eigenvalue weighted by molar-refractivity contribution is 5.74. The van der Waals surface area contributed by atoms with Gasteiger partial charge >= 0.3 is 5.97 Å². The minimum absolute atomic E-state index is 0.0738. The summed E-state index contributed by atoms with van der Waals surface area (Å²) in [4.78, 5) is 12.1. The molecule has 1 aliphatic carbocycles. The maximum absolute atomic E-state index is 12.1. The third kappa shape index (κ3) is 1.34. The van der Waals surface area contributed by atoms with E-state index in [0.29, 0.717) is 11.8 Å². The summed E-state index contributed by atoms with van der Waals surface area (Å²) in [6.45, 7) is 6.28. The molecule has 2 bridgehead atoms. The van der Waals surface area contributed by atoms with E-state index in [-0.39, 0.29) is 23.4 Å². The highest BCUT2D eigenvalue weighted by Crippen LogP contribution is 2.62. The van der Waals surface area contributed by atoms with E-state index >= 15 is 0 Å². The Morgan fingerprint density at radius 1 is 1.16 bits per heavy atom. The molecule has 106 valence electrons. The standard InChI is InChI=1S/C15H22O4/c1-8-4-5-11-9(2)12(16)17-13-15(11)10(8)6-7-14(3,18-13)19-15/h8-11,13H,4-7H2,1-3H3/t8-,9-,10+,11+,13-,14+,15+/m1/s1. The molecule has 4 rings (SSSR count). The lowest BCUT2D eigenvalue weighted by Crippen LogP contribution is -2.65. The third-order valence-electron chi connectivity index (χ3n) is 6.00. The summed E-state index contributed by atoms with van der Waals surface area (Å²) in [6, 6.07) is 0. The monoisotopic (exact) mass is 266 g/mol. The van der Waals surface area contributed by atoms with Crippen LogP contribution in [0.5, 0.6) is 0 Å². The fourth-order valence-corrected chi connectivity index (χ4v) is 5.03. The van der Waals surface area contributed by atoms with Gasteiger partial charge < -0.3 is 14.2 Å². The van der Waals surface area contributed by atoms with Crippen LogP contribution in [0.3, 0.4) is 0 Å². The average molecular weight is 266 g/mol. The zero-order chi connectivity index (χ0) is 13.4. The Labute approximate surface area is 113 Å². The van der Waals surface area contributed by atoms with E-state index in [4.69, 9.17) is 14.2 Å². The zero-order valence-electron chi connectivity index (χ0n) is 11.8. The van der Waals surface area contributed by atoms with Gasteiger partial charge in [-0.2, -0.15) is 0 Å². The molecular weight excluding hydrogens is 244 g/mol. The van der Waals surface area contributed by atoms with Crippen LogP contribution in [0.1, 0.15) is 46.5 Å². The van der Waals surface area contributed by atoms with Crippen LogP contribution in [-0.2, 0) is 19.0 Å². The van der Waals surface area contributed by atoms with Gasteiger partial charge in [0.1, 0.15) is 5.60 Å². The Bertz CT molecular complexity index is 436. The Morgan fingerprint density at radius 3 is 2.74 bits per heavy atom. The van der Waals surface area contributed by atoms with E-state index < -0.39 is 12.1 Å². The lowest BCUT2D eigenvalue weighted by atomic mass is 9.57. The maximum Gasteiger partial charge on any atom is 0.311 e. The molecule has 4 aliphatic rings. The quantitative estimate of drug-likeness (QED) is 0.632. The van der Waals surface area contributed by atoms with Gasteiger partial charge in [0.25, 0.3) is 0 Å². The molecule has 4 fully saturated rings. The van der Waals surface area contributed by atoms with Crippen LogP contribution >= 0.6 is 0 Å². The van der Waals surface area contributed by atoms with Crippen molar-refractivity contribution >= 4 is 5.97 Å². The van der Waals surface area contributed by atoms with Crippen molar-refractivity contribution in [3.05, 3.63) is 0 Å². The first kappa shape index (κ1) is 12.2. The molecule has 1 spiro atoms. The zero-order valence-corrected chi connectivity index (χ0v) is 11.8. The van der Waals surface area contributed by atoms with Crippen molar-refractivity contribution in [1.29, 1.82) is 0 Å². The molecule has 4 heteroatoms. The summed E-state index contributed by atoms with van der Waals surface area (Å²) >= 11 is 0. The largest absolute Gasteiger partial charge is 0.432 e. The van der Waals surface area contributed by atoms with E-state index in [2.05, 4.69) is 6.92 Å². The Hall–Kier alpha value is -0.610. The Balaban J connectivity index is 1.84. The first-order chi connectivity index (χ1) is 8.96. The minimum Gasteiger partial charge on any atom is -0.432 e. The van der Waals surface area contributed by atoms with Gasteiger partial charge in [0.05, 0.1) is 5.92 Å². The summed E-state index contributed by atoms with van der Waals surface area (Å²) in [5.41, 5.74) is -0.377. The van der Waals surface area contributed by atoms with Gasteiger partial charge in [0.2, 0.25) is 6.29 Å². The van der Waals surface area contributed by atoms with Gasteiger partial charge in [-0.15, -0.1) is 0 Å². The molecule has 19 heavy (non-hydrogen) atoms. The van der Waals surface area contributed by atoms with Crippen molar-refractivity contribution < 1.29 is 19.0 Å². The van der Waals surface area contributed by atoms with Crippen LogP contribution in [0.15, 0.2) is 0 Å². The fraction of sp³-hybridized carbons (Fsp3) is 0.933. The van der Waals surface area contributed by atoms with Crippen LogP contribution in [-0.4, -0.2) is 23.6 Å². The van der Waals surface area contributed by atoms with Crippen molar-refractivity contribution in [3.63, 3.8) is 0 Å². The predicted octanol–water partition coefficient (Wildman–Crippen LogP) is 2.46. The molecule has 0 radical (unpaired) electrons. The van der Waals surface area contributed by atoms with Crippen LogP contribution < -0.4 is 0 Å². The summed E-state index contributed by atoms with van der Waals surface area (Å²) < 4.78 is 18.0. The van der Waals surface area contributed by atoms with Crippen molar-refractivity contribution in [2.75, 3.05) is 0 Å². The third-order valence-corrected chi connectivity index (χ3v) is 6.00. The van der Waals surface area contributed by atoms with E-state index in [0.717, 1.165) is 19.3 Å². The van der Waals surface area contributed by atoms with Gasteiger partial charge in [0.15, 0.2) is 5.79 Å². The highest BCUT2D eigenvalue weighted by Gasteiger charge is 2.72. The Kier molecular flexibility index (Phi) is 2.26. The molecule has 3 heterocycles. The molecule has 0 aromatic carbocycles. The molecule has 0 aromatic heterocycles. The second-order valence-electron chi connectivity index (χ2n) is 7.07. The van der Waals surface area contributed by atoms with E-state index in [1.165, 1.54) is 6.42 Å². The molecular formula is C15H22O4. The van der Waals surface area contributed by atoms with Crippen molar-refractivity contribution in [2.45, 2.75) is 64.1 Å². The molecule has 0 amide bonds. The van der Waals surface area contributed by atoms with Crippen LogP contribution in [0.2, 0.25) is 0 Å². The highest BCUT2D eigenvalue weighted by atomic mass is 16.8. The molecule has 0 unspecified atom stereocenters. The first-order valence-electron chi connectivity index (χ1n) is 7.55. The lowest BCUT2D eigenvalue weighted by Gasteiger charge is -2.56. The number of carbonyl (C=O) groups is 1. The number of hydrogen-bond donors (Lipinski definition) is 0. The predicted molar refractivity (Wildman–Crippen MR) is 67.0 cm³/mol. The van der Waals surface area contributed by atoms with E-state index in [1.54, 1.807) is 0 Å². The molecule has 0 aromatic rings. The second kappa shape index (κ2) is 3.53. The average Bonchev–Trinajstić information content (AvgIpc) is 2.56. The summed E-state index contributed by atoms with van der Waals surface area (Å²) in [5.74, 6) is 0.586. The summed E-state index contributed by atoms with van der Waals surface area (Å²) in [6.07, 6.45) is 3.76. The summed E-state index contributed by atoms with van der Waals surface area (Å²) in [7, 11) is 0. The topological polar surface area (TPSA) is 44.8 Å². The maximum atomic E-state index is 12.1. The number of ether oxygens (including phenoxy) is 3. The fourth-order valence-electron chi connectivity index (χ4n) is 5.03. The van der Waals surface area contributed by atoms with E-state index in [9.17, 15) is 4.79 Å². The number of hydrogen-bond acceptors (Lipinski definition) is 4. The number of carbonyl (C=O) groups excluding carboxylic acids is 1. The molecule has 1 saturated carbocycles. The minimum atomic E-state index is -0.555. The van der Waals surface area contributed by atoms with Crippen LogP contribution in [0, 0.1) is 23.7 Å². The molecule has 4 nitrogen and oxygen atoms in total. The molecule has 7 atom stereocenters. The number of esters is 1. The number of rotatable bonds is 0. The molecule has 3 saturated heterocycles. The molecule has 0 N–H and O–H groups in total. The van der Waals surface area contributed by atoms with Crippen molar-refractivity contribution in [1.82, 2.24) is 0 Å². The number of fused-ring (bicyclic) bond motifs is 1. The first-order valence-corrected chi connectivity index (χ1v) is 7.55. The van der Waals surface area contributed by atoms with Crippen LogP contribution in [0.25, 0.3) is 0 Å². The Morgan fingerprint density at radius 2 is 1.95 bits per heavy atom. The van der Waals surface area contributed by atoms with Gasteiger partial charge in [-0.05, 0) is 38.0 Å². The summed E-state index contributed by atoms with van der Waals surface area (Å²) in [5, 5.41) is 0. The SMILES string of the molecule is C[C@@H]1CC[C@H]2[C@@H](C)C(=O)O[C@@H]3O[C@]4(C)CC[C@@H]1[C@@]32O4. The van der Waals surface area contributed by atoms with Gasteiger partial charge in [0, 0.05) is 12.3 Å². The van der Waals surface area contributed by atoms with Crippen LogP contribution in [0.4, 0.5) is 0 Å². The second-order valence-corrected chi connectivity index (χ2v) is 7.07. The van der Waals surface area contributed by atoms with Crippen molar-refractivity contribution in [2.24, 2.45) is 23.7 Å².